The number of aliphatic hydroxyl groups excluding tert-OH is 1. The van der Waals surface area contributed by atoms with Gasteiger partial charge in [-0.2, -0.15) is 0 Å². The Morgan fingerprint density at radius 3 is 1.71 bits per heavy atom. The lowest BCUT2D eigenvalue weighted by molar-refractivity contribution is -0.307. The summed E-state index contributed by atoms with van der Waals surface area (Å²) < 4.78 is 19.5. The average Bonchev–Trinajstić information content (AvgIpc) is 3.11. The van der Waals surface area contributed by atoms with E-state index in [0.29, 0.717) is 6.61 Å². The molecule has 0 saturated carbocycles. The molecule has 0 aromatic heterocycles. The van der Waals surface area contributed by atoms with Crippen molar-refractivity contribution in [2.24, 2.45) is 0 Å². The highest BCUT2D eigenvalue weighted by Crippen LogP contribution is 2.43. The van der Waals surface area contributed by atoms with E-state index in [2.05, 4.69) is 109 Å². The van der Waals surface area contributed by atoms with Crippen LogP contribution in [0, 0.1) is 6.92 Å². The van der Waals surface area contributed by atoms with Crippen LogP contribution in [0.1, 0.15) is 34.1 Å². The number of nitrogens with one attached hydrogen (secondary N) is 1. The predicted molar refractivity (Wildman–Crippen MR) is 178 cm³/mol. The Bertz CT molecular complexity index is 1560. The van der Waals surface area contributed by atoms with Crippen molar-refractivity contribution >= 4 is 11.8 Å². The molecule has 2 heterocycles. The summed E-state index contributed by atoms with van der Waals surface area (Å²) in [6, 6.07) is 49.1. The lowest BCUT2D eigenvalue weighted by Gasteiger charge is -2.51. The van der Waals surface area contributed by atoms with E-state index in [1.807, 2.05) is 48.5 Å². The van der Waals surface area contributed by atoms with Crippen LogP contribution in [0.15, 0.2) is 150 Å². The van der Waals surface area contributed by atoms with Crippen LogP contribution in [0.25, 0.3) is 0 Å². The first-order valence-corrected chi connectivity index (χ1v) is 16.3. The van der Waals surface area contributed by atoms with Crippen LogP contribution >= 0.6 is 11.8 Å². The zero-order chi connectivity index (χ0) is 30.6. The third kappa shape index (κ3) is 6.10. The standard InChI is InChI=1S/C39H37NO4S/c1-27-22-24-32(25-23-27)45-38-34(35(41)36-33(43-38)26-42-37(44-36)28-14-6-2-7-15-28)40-39(29-16-8-3-9-17-29,30-18-10-4-11-19-30)31-20-12-5-13-21-31/h2-25,33-38,40-41H,26H2,1H3/t33-,34-,35-,36-,37?,38+/m1/s1. The SMILES string of the molecule is Cc1ccc(S[C@@H]2O[C@@H]3COC(c4ccccc4)O[C@H]3[C@H](O)[C@H]2NC(c2ccccc2)(c2ccccc2)c2ccccc2)cc1. The van der Waals surface area contributed by atoms with Gasteiger partial charge in [0, 0.05) is 10.5 Å². The van der Waals surface area contributed by atoms with Gasteiger partial charge in [-0.15, -0.1) is 0 Å². The van der Waals surface area contributed by atoms with Crippen LogP contribution in [0.2, 0.25) is 0 Å². The summed E-state index contributed by atoms with van der Waals surface area (Å²) in [5.74, 6) is 0. The zero-order valence-electron chi connectivity index (χ0n) is 25.1. The van der Waals surface area contributed by atoms with Gasteiger partial charge in [-0.3, -0.25) is 5.32 Å². The minimum absolute atomic E-state index is 0.320. The van der Waals surface area contributed by atoms with Gasteiger partial charge >= 0.3 is 0 Å². The van der Waals surface area contributed by atoms with Gasteiger partial charge < -0.3 is 19.3 Å². The van der Waals surface area contributed by atoms with Crippen LogP contribution in [0.4, 0.5) is 0 Å². The number of aliphatic hydroxyl groups is 1. The quantitative estimate of drug-likeness (QED) is 0.180. The normalized spacial score (nSPS) is 24.9. The monoisotopic (exact) mass is 615 g/mol. The van der Waals surface area contributed by atoms with Crippen LogP contribution in [-0.4, -0.2) is 41.5 Å². The van der Waals surface area contributed by atoms with E-state index in [1.54, 1.807) is 11.8 Å². The molecular formula is C39H37NO4S. The molecule has 0 bridgehead atoms. The van der Waals surface area contributed by atoms with Crippen molar-refractivity contribution in [3.05, 3.63) is 173 Å². The molecule has 5 aromatic carbocycles. The summed E-state index contributed by atoms with van der Waals surface area (Å²) in [5, 5.41) is 16.4. The molecule has 7 rings (SSSR count). The summed E-state index contributed by atoms with van der Waals surface area (Å²) >= 11 is 1.61. The highest BCUT2D eigenvalue weighted by molar-refractivity contribution is 7.99. The topological polar surface area (TPSA) is 60.0 Å². The van der Waals surface area contributed by atoms with Crippen LogP contribution in [0.5, 0.6) is 0 Å². The fraction of sp³-hybridized carbons (Fsp3) is 0.231. The van der Waals surface area contributed by atoms with E-state index in [-0.39, 0.29) is 0 Å². The first-order valence-electron chi connectivity index (χ1n) is 15.4. The summed E-state index contributed by atoms with van der Waals surface area (Å²) in [5.41, 5.74) is 4.04. The van der Waals surface area contributed by atoms with Crippen LogP contribution in [-0.2, 0) is 19.7 Å². The second-order valence-corrected chi connectivity index (χ2v) is 12.8. The predicted octanol–water partition coefficient (Wildman–Crippen LogP) is 7.24. The fourth-order valence-electron chi connectivity index (χ4n) is 6.44. The van der Waals surface area contributed by atoms with E-state index in [4.69, 9.17) is 14.2 Å². The van der Waals surface area contributed by atoms with Crippen LogP contribution < -0.4 is 5.32 Å². The molecular weight excluding hydrogens is 578 g/mol. The Labute approximate surface area is 269 Å². The van der Waals surface area contributed by atoms with E-state index < -0.39 is 41.6 Å². The van der Waals surface area contributed by atoms with Crippen molar-refractivity contribution in [2.45, 2.75) is 53.4 Å². The molecule has 0 amide bonds. The van der Waals surface area contributed by atoms with Gasteiger partial charge in [0.25, 0.3) is 0 Å². The summed E-state index contributed by atoms with van der Waals surface area (Å²) in [6.45, 7) is 2.40. The Balaban J connectivity index is 1.33. The summed E-state index contributed by atoms with van der Waals surface area (Å²) in [4.78, 5) is 1.06. The van der Waals surface area contributed by atoms with E-state index in [1.165, 1.54) is 5.56 Å². The molecule has 2 aliphatic rings. The molecule has 2 fully saturated rings. The van der Waals surface area contributed by atoms with Gasteiger partial charge in [-0.1, -0.05) is 151 Å². The van der Waals surface area contributed by atoms with Gasteiger partial charge in [0.2, 0.25) is 0 Å². The molecule has 2 N–H and O–H groups in total. The Morgan fingerprint density at radius 2 is 1.18 bits per heavy atom. The Hall–Kier alpha value is -3.75. The van der Waals surface area contributed by atoms with Crippen molar-refractivity contribution in [1.82, 2.24) is 5.32 Å². The summed E-state index contributed by atoms with van der Waals surface area (Å²) in [6.07, 6.45) is -2.52. The maximum Gasteiger partial charge on any atom is 0.184 e. The first-order chi connectivity index (χ1) is 22.1. The summed E-state index contributed by atoms with van der Waals surface area (Å²) in [7, 11) is 0. The van der Waals surface area contributed by atoms with Crippen molar-refractivity contribution < 1.29 is 19.3 Å². The van der Waals surface area contributed by atoms with Crippen molar-refractivity contribution in [1.29, 1.82) is 0 Å². The number of hydrogen-bond acceptors (Lipinski definition) is 6. The van der Waals surface area contributed by atoms with E-state index >= 15 is 0 Å². The molecule has 45 heavy (non-hydrogen) atoms. The Morgan fingerprint density at radius 1 is 0.667 bits per heavy atom. The molecule has 1 unspecified atom stereocenters. The molecule has 5 nitrogen and oxygen atoms in total. The molecule has 6 heteroatoms. The number of thioether (sulfide) groups is 1. The van der Waals surface area contributed by atoms with Crippen molar-refractivity contribution in [2.75, 3.05) is 6.61 Å². The van der Waals surface area contributed by atoms with Gasteiger partial charge in [-0.25, -0.2) is 0 Å². The average molecular weight is 616 g/mol. The van der Waals surface area contributed by atoms with E-state index in [9.17, 15) is 5.11 Å². The molecule has 6 atom stereocenters. The van der Waals surface area contributed by atoms with Gasteiger partial charge in [0.05, 0.1) is 18.2 Å². The minimum Gasteiger partial charge on any atom is -0.389 e. The largest absolute Gasteiger partial charge is 0.389 e. The number of benzene rings is 5. The highest BCUT2D eigenvalue weighted by Gasteiger charge is 2.52. The van der Waals surface area contributed by atoms with Gasteiger partial charge in [0.1, 0.15) is 23.7 Å². The fourth-order valence-corrected chi connectivity index (χ4v) is 7.58. The Kier molecular flexibility index (Phi) is 8.85. The third-order valence-corrected chi connectivity index (χ3v) is 9.90. The first kappa shape index (κ1) is 29.9. The number of ether oxygens (including phenoxy) is 3. The maximum absolute atomic E-state index is 12.4. The highest BCUT2D eigenvalue weighted by atomic mass is 32.2. The number of rotatable bonds is 8. The third-order valence-electron chi connectivity index (χ3n) is 8.71. The number of aryl methyl sites for hydroxylation is 1. The second-order valence-electron chi connectivity index (χ2n) is 11.7. The molecule has 0 radical (unpaired) electrons. The number of fused-ring (bicyclic) bond motifs is 1. The molecule has 2 aliphatic heterocycles. The second kappa shape index (κ2) is 13.3. The van der Waals surface area contributed by atoms with Crippen molar-refractivity contribution in [3.63, 3.8) is 0 Å². The van der Waals surface area contributed by atoms with Crippen molar-refractivity contribution in [3.8, 4) is 0 Å². The molecule has 2 saturated heterocycles. The molecule has 0 aliphatic carbocycles. The number of hydrogen-bond donors (Lipinski definition) is 2. The lowest BCUT2D eigenvalue weighted by Crippen LogP contribution is -2.67. The van der Waals surface area contributed by atoms with Gasteiger partial charge in [-0.05, 0) is 35.7 Å². The lowest BCUT2D eigenvalue weighted by atomic mass is 9.76. The molecule has 0 spiro atoms. The zero-order valence-corrected chi connectivity index (χ0v) is 25.9. The van der Waals surface area contributed by atoms with Gasteiger partial charge in [0.15, 0.2) is 6.29 Å². The van der Waals surface area contributed by atoms with E-state index in [0.717, 1.165) is 27.1 Å². The molecule has 5 aromatic rings. The smallest absolute Gasteiger partial charge is 0.184 e. The molecule has 228 valence electrons. The van der Waals surface area contributed by atoms with Crippen LogP contribution in [0.3, 0.4) is 0 Å². The minimum atomic E-state index is -0.905. The maximum atomic E-state index is 12.4.